The summed E-state index contributed by atoms with van der Waals surface area (Å²) >= 11 is 0. The van der Waals surface area contributed by atoms with Crippen LogP contribution in [0, 0.1) is 11.3 Å². The Kier molecular flexibility index (Phi) is 6.63. The molecule has 1 fully saturated rings. The fraction of sp³-hybridized carbons (Fsp3) is 0.889. The number of piperazine rings is 1. The summed E-state index contributed by atoms with van der Waals surface area (Å²) in [5.74, 6) is 0.329. The van der Waals surface area contributed by atoms with Gasteiger partial charge >= 0.3 is 6.09 Å². The van der Waals surface area contributed by atoms with Gasteiger partial charge < -0.3 is 9.64 Å². The van der Waals surface area contributed by atoms with E-state index in [4.69, 9.17) is 4.74 Å². The smallest absolute Gasteiger partial charge is 0.410 e. The highest BCUT2D eigenvalue weighted by atomic mass is 16.6. The van der Waals surface area contributed by atoms with Gasteiger partial charge in [-0.05, 0) is 46.1 Å². The van der Waals surface area contributed by atoms with E-state index in [1.165, 1.54) is 0 Å². The molecule has 5 heteroatoms. The Morgan fingerprint density at radius 3 is 2.00 bits per heavy atom. The molecule has 0 aromatic carbocycles. The first-order chi connectivity index (χ1) is 10.4. The van der Waals surface area contributed by atoms with Crippen molar-refractivity contribution < 1.29 is 14.3 Å². The van der Waals surface area contributed by atoms with E-state index in [9.17, 15) is 9.59 Å². The summed E-state index contributed by atoms with van der Waals surface area (Å²) in [6, 6.07) is 0. The van der Waals surface area contributed by atoms with Crippen molar-refractivity contribution >= 4 is 11.9 Å². The molecule has 0 aliphatic carbocycles. The van der Waals surface area contributed by atoms with Crippen LogP contribution in [0.25, 0.3) is 0 Å². The fourth-order valence-corrected chi connectivity index (χ4v) is 2.69. The number of rotatable bonds is 5. The van der Waals surface area contributed by atoms with Crippen LogP contribution in [-0.4, -0.2) is 60.0 Å². The second-order valence-corrected chi connectivity index (χ2v) is 8.38. The maximum atomic E-state index is 12.0. The lowest BCUT2D eigenvalue weighted by Crippen LogP contribution is -2.50. The molecule has 0 spiro atoms. The number of carbonyl (C=O) groups is 2. The SMILES string of the molecule is CC(=O)[C@@H](C)C(C)(C)CCN1CCN(C(=O)OC(C)(C)C)CC1. The van der Waals surface area contributed by atoms with E-state index in [2.05, 4.69) is 18.7 Å². The molecule has 1 atom stereocenters. The number of hydrogen-bond donors (Lipinski definition) is 0. The summed E-state index contributed by atoms with van der Waals surface area (Å²) < 4.78 is 5.42. The Bertz CT molecular complexity index is 418. The number of ether oxygens (including phenoxy) is 1. The maximum absolute atomic E-state index is 12.0. The molecule has 0 aromatic rings. The van der Waals surface area contributed by atoms with E-state index in [-0.39, 0.29) is 23.2 Å². The third-order valence-electron chi connectivity index (χ3n) is 4.88. The molecule has 1 aliphatic rings. The maximum Gasteiger partial charge on any atom is 0.410 e. The van der Waals surface area contributed by atoms with Crippen molar-refractivity contribution in [2.75, 3.05) is 32.7 Å². The average Bonchev–Trinajstić information content (AvgIpc) is 2.43. The summed E-state index contributed by atoms with van der Waals surface area (Å²) in [6.07, 6.45) is 0.767. The standard InChI is InChI=1S/C18H34N2O3/c1-14(15(2)21)18(6,7)8-9-19-10-12-20(13-11-19)16(22)23-17(3,4)5/h14H,8-13H2,1-7H3/t14-/m1/s1. The minimum absolute atomic E-state index is 0.00807. The molecule has 0 N–H and O–H groups in total. The van der Waals surface area contributed by atoms with Gasteiger partial charge in [0.2, 0.25) is 0 Å². The van der Waals surface area contributed by atoms with Crippen LogP contribution in [0.15, 0.2) is 0 Å². The number of carbonyl (C=O) groups excluding carboxylic acids is 2. The van der Waals surface area contributed by atoms with Crippen LogP contribution >= 0.6 is 0 Å². The summed E-state index contributed by atoms with van der Waals surface area (Å²) in [5, 5.41) is 0. The Morgan fingerprint density at radius 1 is 1.04 bits per heavy atom. The third-order valence-corrected chi connectivity index (χ3v) is 4.88. The lowest BCUT2D eigenvalue weighted by Gasteiger charge is -2.38. The highest BCUT2D eigenvalue weighted by Gasteiger charge is 2.31. The van der Waals surface area contributed by atoms with E-state index >= 15 is 0 Å². The van der Waals surface area contributed by atoms with E-state index < -0.39 is 5.60 Å². The zero-order valence-corrected chi connectivity index (χ0v) is 15.9. The average molecular weight is 326 g/mol. The van der Waals surface area contributed by atoms with Crippen molar-refractivity contribution in [3.8, 4) is 0 Å². The highest BCUT2D eigenvalue weighted by molar-refractivity contribution is 5.78. The van der Waals surface area contributed by atoms with E-state index in [0.29, 0.717) is 13.1 Å². The van der Waals surface area contributed by atoms with Crippen molar-refractivity contribution in [3.63, 3.8) is 0 Å². The number of ketones is 1. The van der Waals surface area contributed by atoms with Gasteiger partial charge in [0.15, 0.2) is 0 Å². The van der Waals surface area contributed by atoms with E-state index in [0.717, 1.165) is 26.1 Å². The molecule has 1 rings (SSSR count). The second-order valence-electron chi connectivity index (χ2n) is 8.38. The topological polar surface area (TPSA) is 49.9 Å². The van der Waals surface area contributed by atoms with Crippen molar-refractivity contribution in [2.24, 2.45) is 11.3 Å². The molecule has 1 heterocycles. The number of amides is 1. The summed E-state index contributed by atoms with van der Waals surface area (Å²) in [6.45, 7) is 17.8. The summed E-state index contributed by atoms with van der Waals surface area (Å²) in [4.78, 5) is 27.8. The first kappa shape index (κ1) is 19.9. The zero-order valence-electron chi connectivity index (χ0n) is 15.9. The Labute approximate surface area is 141 Å². The molecule has 23 heavy (non-hydrogen) atoms. The van der Waals surface area contributed by atoms with Gasteiger partial charge in [-0.2, -0.15) is 0 Å². The van der Waals surface area contributed by atoms with Gasteiger partial charge in [0.25, 0.3) is 0 Å². The largest absolute Gasteiger partial charge is 0.444 e. The van der Waals surface area contributed by atoms with Crippen LogP contribution in [0.5, 0.6) is 0 Å². The van der Waals surface area contributed by atoms with Crippen LogP contribution in [0.2, 0.25) is 0 Å². The number of nitrogens with zero attached hydrogens (tertiary/aromatic N) is 2. The van der Waals surface area contributed by atoms with Gasteiger partial charge in [0, 0.05) is 32.1 Å². The molecule has 0 saturated carbocycles. The van der Waals surface area contributed by atoms with Crippen molar-refractivity contribution in [2.45, 2.75) is 60.5 Å². The molecule has 0 radical (unpaired) electrons. The van der Waals surface area contributed by atoms with Gasteiger partial charge in [-0.25, -0.2) is 4.79 Å². The van der Waals surface area contributed by atoms with Crippen LogP contribution in [-0.2, 0) is 9.53 Å². The van der Waals surface area contributed by atoms with Crippen molar-refractivity contribution in [3.05, 3.63) is 0 Å². The minimum atomic E-state index is -0.443. The third kappa shape index (κ3) is 6.50. The Morgan fingerprint density at radius 2 is 1.57 bits per heavy atom. The minimum Gasteiger partial charge on any atom is -0.444 e. The summed E-state index contributed by atoms with van der Waals surface area (Å²) in [7, 11) is 0. The van der Waals surface area contributed by atoms with Crippen LogP contribution in [0.1, 0.15) is 54.9 Å². The van der Waals surface area contributed by atoms with Gasteiger partial charge in [0.05, 0.1) is 0 Å². The molecule has 0 unspecified atom stereocenters. The molecule has 0 bridgehead atoms. The first-order valence-corrected chi connectivity index (χ1v) is 8.63. The van der Waals surface area contributed by atoms with Crippen LogP contribution < -0.4 is 0 Å². The second kappa shape index (κ2) is 7.65. The van der Waals surface area contributed by atoms with E-state index in [1.807, 2.05) is 27.7 Å². The Hall–Kier alpha value is -1.10. The lowest BCUT2D eigenvalue weighted by molar-refractivity contribution is -0.123. The first-order valence-electron chi connectivity index (χ1n) is 8.63. The van der Waals surface area contributed by atoms with Crippen LogP contribution in [0.4, 0.5) is 4.79 Å². The molecule has 0 aromatic heterocycles. The monoisotopic (exact) mass is 326 g/mol. The van der Waals surface area contributed by atoms with Crippen molar-refractivity contribution in [1.82, 2.24) is 9.80 Å². The molecular formula is C18H34N2O3. The highest BCUT2D eigenvalue weighted by Crippen LogP contribution is 2.31. The quantitative estimate of drug-likeness (QED) is 0.778. The van der Waals surface area contributed by atoms with Gasteiger partial charge in [0.1, 0.15) is 11.4 Å². The van der Waals surface area contributed by atoms with Crippen LogP contribution in [0.3, 0.4) is 0 Å². The molecule has 1 saturated heterocycles. The molecule has 1 amide bonds. The van der Waals surface area contributed by atoms with Crippen molar-refractivity contribution in [1.29, 1.82) is 0 Å². The predicted octanol–water partition coefficient (Wildman–Crippen LogP) is 3.18. The van der Waals surface area contributed by atoms with Gasteiger partial charge in [-0.1, -0.05) is 20.8 Å². The summed E-state index contributed by atoms with van der Waals surface area (Å²) in [5.41, 5.74) is -0.435. The number of hydrogen-bond acceptors (Lipinski definition) is 4. The van der Waals surface area contributed by atoms with Gasteiger partial charge in [-0.3, -0.25) is 9.69 Å². The fourth-order valence-electron chi connectivity index (χ4n) is 2.69. The molecule has 134 valence electrons. The lowest BCUT2D eigenvalue weighted by atomic mass is 9.75. The van der Waals surface area contributed by atoms with Gasteiger partial charge in [-0.15, -0.1) is 0 Å². The zero-order chi connectivity index (χ0) is 17.8. The molecule has 1 aliphatic heterocycles. The molecule has 5 nitrogen and oxygen atoms in total. The number of Topliss-reactive ketones (excluding diaryl/α,β-unsaturated/α-hetero) is 1. The van der Waals surface area contributed by atoms with E-state index in [1.54, 1.807) is 11.8 Å². The normalized spacial score (nSPS) is 18.7. The Balaban J connectivity index is 2.40. The predicted molar refractivity (Wildman–Crippen MR) is 92.5 cm³/mol. The molecular weight excluding hydrogens is 292 g/mol.